The van der Waals surface area contributed by atoms with Gasteiger partial charge in [0.2, 0.25) is 0 Å². The molecule has 0 aliphatic carbocycles. The summed E-state index contributed by atoms with van der Waals surface area (Å²) < 4.78 is 5.12. The Balaban J connectivity index is 2.38. The molecule has 0 N–H and O–H groups in total. The van der Waals surface area contributed by atoms with Crippen molar-refractivity contribution in [1.29, 1.82) is 5.26 Å². The second-order valence-corrected chi connectivity index (χ2v) is 3.88. The van der Waals surface area contributed by atoms with Crippen LogP contribution in [0, 0.1) is 18.3 Å². The number of carbonyl (C=O) groups excluding carboxylic acids is 1. The van der Waals surface area contributed by atoms with E-state index in [1.165, 1.54) is 11.2 Å². The Hall–Kier alpha value is -2.54. The predicted molar refractivity (Wildman–Crippen MR) is 67.3 cm³/mol. The zero-order valence-electron chi connectivity index (χ0n) is 10.2. The normalized spacial score (nSPS) is 9.83. The van der Waals surface area contributed by atoms with Crippen molar-refractivity contribution in [3.63, 3.8) is 0 Å². The standard InChI is InChI=1S/C14H12N2O2/c1-10-12(7-8-18-10)14(17)16(2)13-6-4-3-5-11(13)9-15/h3-8H,1-2H3. The molecule has 0 aliphatic rings. The van der Waals surface area contributed by atoms with E-state index in [4.69, 9.17) is 9.68 Å². The highest BCUT2D eigenvalue weighted by Crippen LogP contribution is 2.21. The smallest absolute Gasteiger partial charge is 0.261 e. The average molecular weight is 240 g/mol. The Bertz CT molecular complexity index is 623. The Morgan fingerprint density at radius 3 is 2.67 bits per heavy atom. The van der Waals surface area contributed by atoms with E-state index in [1.807, 2.05) is 0 Å². The second kappa shape index (κ2) is 4.76. The van der Waals surface area contributed by atoms with E-state index in [0.29, 0.717) is 22.6 Å². The second-order valence-electron chi connectivity index (χ2n) is 3.88. The largest absolute Gasteiger partial charge is 0.469 e. The summed E-state index contributed by atoms with van der Waals surface area (Å²) in [5.41, 5.74) is 1.56. The Morgan fingerprint density at radius 1 is 1.33 bits per heavy atom. The number of rotatable bonds is 2. The summed E-state index contributed by atoms with van der Waals surface area (Å²) >= 11 is 0. The molecule has 2 rings (SSSR count). The van der Waals surface area contributed by atoms with Crippen LogP contribution in [0.15, 0.2) is 41.0 Å². The molecule has 4 heteroatoms. The highest BCUT2D eigenvalue weighted by atomic mass is 16.3. The number of para-hydroxylation sites is 1. The quantitative estimate of drug-likeness (QED) is 0.811. The van der Waals surface area contributed by atoms with E-state index in [9.17, 15) is 4.79 Å². The van der Waals surface area contributed by atoms with Crippen molar-refractivity contribution < 1.29 is 9.21 Å². The molecule has 0 saturated heterocycles. The number of furan rings is 1. The fraction of sp³-hybridized carbons (Fsp3) is 0.143. The van der Waals surface area contributed by atoms with E-state index < -0.39 is 0 Å². The minimum Gasteiger partial charge on any atom is -0.469 e. The lowest BCUT2D eigenvalue weighted by Gasteiger charge is -2.18. The highest BCUT2D eigenvalue weighted by molar-refractivity contribution is 6.06. The molecule has 1 aromatic carbocycles. The van der Waals surface area contributed by atoms with Crippen LogP contribution in [0.5, 0.6) is 0 Å². The lowest BCUT2D eigenvalue weighted by atomic mass is 10.1. The van der Waals surface area contributed by atoms with Gasteiger partial charge in [-0.15, -0.1) is 0 Å². The molecule has 1 amide bonds. The van der Waals surface area contributed by atoms with Gasteiger partial charge < -0.3 is 9.32 Å². The van der Waals surface area contributed by atoms with Crippen LogP contribution in [0.25, 0.3) is 0 Å². The van der Waals surface area contributed by atoms with Crippen LogP contribution >= 0.6 is 0 Å². The van der Waals surface area contributed by atoms with Gasteiger partial charge in [0.1, 0.15) is 11.8 Å². The van der Waals surface area contributed by atoms with E-state index >= 15 is 0 Å². The molecule has 0 unspecified atom stereocenters. The van der Waals surface area contributed by atoms with E-state index in [0.717, 1.165) is 0 Å². The van der Waals surface area contributed by atoms with Crippen LogP contribution in [0.4, 0.5) is 5.69 Å². The van der Waals surface area contributed by atoms with Gasteiger partial charge in [0.05, 0.1) is 23.1 Å². The van der Waals surface area contributed by atoms with Gasteiger partial charge in [-0.2, -0.15) is 5.26 Å². The number of benzene rings is 1. The molecular weight excluding hydrogens is 228 g/mol. The Labute approximate surface area is 105 Å². The molecule has 0 spiro atoms. The van der Waals surface area contributed by atoms with Crippen molar-refractivity contribution in [2.45, 2.75) is 6.92 Å². The maximum atomic E-state index is 12.3. The molecule has 1 aromatic heterocycles. The van der Waals surface area contributed by atoms with Crippen molar-refractivity contribution in [3.8, 4) is 6.07 Å². The molecule has 4 nitrogen and oxygen atoms in total. The third-order valence-corrected chi connectivity index (χ3v) is 2.78. The molecule has 0 saturated carbocycles. The van der Waals surface area contributed by atoms with Gasteiger partial charge in [-0.05, 0) is 25.1 Å². The van der Waals surface area contributed by atoms with E-state index in [1.54, 1.807) is 44.3 Å². The van der Waals surface area contributed by atoms with E-state index in [2.05, 4.69) is 6.07 Å². The number of nitriles is 1. The van der Waals surface area contributed by atoms with Crippen molar-refractivity contribution in [3.05, 3.63) is 53.5 Å². The first-order valence-electron chi connectivity index (χ1n) is 5.46. The zero-order chi connectivity index (χ0) is 13.1. The van der Waals surface area contributed by atoms with Crippen LogP contribution in [-0.2, 0) is 0 Å². The number of amides is 1. The number of aryl methyl sites for hydroxylation is 1. The summed E-state index contributed by atoms with van der Waals surface area (Å²) in [5.74, 6) is 0.380. The molecular formula is C14H12N2O2. The number of hydrogen-bond acceptors (Lipinski definition) is 3. The monoisotopic (exact) mass is 240 g/mol. The Kier molecular flexibility index (Phi) is 3.16. The first kappa shape index (κ1) is 11.9. The molecule has 90 valence electrons. The molecule has 0 radical (unpaired) electrons. The van der Waals surface area contributed by atoms with Crippen molar-refractivity contribution >= 4 is 11.6 Å². The van der Waals surface area contributed by atoms with Crippen molar-refractivity contribution in [2.75, 3.05) is 11.9 Å². The average Bonchev–Trinajstić information content (AvgIpc) is 2.83. The minimum absolute atomic E-state index is 0.191. The topological polar surface area (TPSA) is 57.2 Å². The van der Waals surface area contributed by atoms with Gasteiger partial charge in [-0.25, -0.2) is 0 Å². The van der Waals surface area contributed by atoms with Crippen LogP contribution in [0.1, 0.15) is 21.7 Å². The van der Waals surface area contributed by atoms with Gasteiger partial charge in [0, 0.05) is 7.05 Å². The van der Waals surface area contributed by atoms with Crippen LogP contribution in [0.2, 0.25) is 0 Å². The number of nitrogens with zero attached hydrogens (tertiary/aromatic N) is 2. The number of anilines is 1. The van der Waals surface area contributed by atoms with Crippen molar-refractivity contribution in [2.24, 2.45) is 0 Å². The number of carbonyl (C=O) groups is 1. The van der Waals surface area contributed by atoms with Gasteiger partial charge in [-0.1, -0.05) is 12.1 Å². The maximum Gasteiger partial charge on any atom is 0.261 e. The summed E-state index contributed by atoms with van der Waals surface area (Å²) in [7, 11) is 1.64. The third kappa shape index (κ3) is 1.98. The molecule has 1 heterocycles. The van der Waals surface area contributed by atoms with Gasteiger partial charge in [-0.3, -0.25) is 4.79 Å². The van der Waals surface area contributed by atoms with Crippen LogP contribution in [0.3, 0.4) is 0 Å². The summed E-state index contributed by atoms with van der Waals surface area (Å²) in [6, 6.07) is 10.7. The maximum absolute atomic E-state index is 12.3. The fourth-order valence-electron chi connectivity index (χ4n) is 1.76. The first-order valence-corrected chi connectivity index (χ1v) is 5.46. The van der Waals surface area contributed by atoms with E-state index in [-0.39, 0.29) is 5.91 Å². The fourth-order valence-corrected chi connectivity index (χ4v) is 1.76. The summed E-state index contributed by atoms with van der Waals surface area (Å²) in [5, 5.41) is 9.03. The molecule has 0 fully saturated rings. The lowest BCUT2D eigenvalue weighted by molar-refractivity contribution is 0.0991. The molecule has 2 aromatic rings. The molecule has 0 bridgehead atoms. The molecule has 0 atom stereocenters. The van der Waals surface area contributed by atoms with Crippen LogP contribution in [-0.4, -0.2) is 13.0 Å². The number of hydrogen-bond donors (Lipinski definition) is 0. The summed E-state index contributed by atoms with van der Waals surface area (Å²) in [4.78, 5) is 13.7. The van der Waals surface area contributed by atoms with Crippen molar-refractivity contribution in [1.82, 2.24) is 0 Å². The lowest BCUT2D eigenvalue weighted by Crippen LogP contribution is -2.27. The SMILES string of the molecule is Cc1occc1C(=O)N(C)c1ccccc1C#N. The summed E-state index contributed by atoms with van der Waals surface area (Å²) in [6.45, 7) is 1.73. The third-order valence-electron chi connectivity index (χ3n) is 2.78. The minimum atomic E-state index is -0.191. The van der Waals surface area contributed by atoms with Crippen LogP contribution < -0.4 is 4.90 Å². The van der Waals surface area contributed by atoms with Gasteiger partial charge in [0.25, 0.3) is 5.91 Å². The molecule has 0 aliphatic heterocycles. The summed E-state index contributed by atoms with van der Waals surface area (Å²) in [6.07, 6.45) is 1.48. The first-order chi connectivity index (χ1) is 8.65. The Morgan fingerprint density at radius 2 is 2.06 bits per heavy atom. The highest BCUT2D eigenvalue weighted by Gasteiger charge is 2.19. The molecule has 18 heavy (non-hydrogen) atoms. The van der Waals surface area contributed by atoms with Gasteiger partial charge >= 0.3 is 0 Å². The zero-order valence-corrected chi connectivity index (χ0v) is 10.2. The van der Waals surface area contributed by atoms with Gasteiger partial charge in [0.15, 0.2) is 0 Å². The predicted octanol–water partition coefficient (Wildman–Crippen LogP) is 2.74.